The fourth-order valence-corrected chi connectivity index (χ4v) is 1.24. The largest absolute Gasteiger partial charge is 0.334 e. The third-order valence-corrected chi connectivity index (χ3v) is 1.97. The minimum Gasteiger partial charge on any atom is -0.334 e. The Bertz CT molecular complexity index is 363. The van der Waals surface area contributed by atoms with Crippen molar-refractivity contribution in [3.63, 3.8) is 0 Å². The van der Waals surface area contributed by atoms with Gasteiger partial charge < -0.3 is 4.90 Å². The van der Waals surface area contributed by atoms with Gasteiger partial charge in [-0.15, -0.1) is 0 Å². The Kier molecular flexibility index (Phi) is 2.76. The average Bonchev–Trinajstić information content (AvgIpc) is 2.29. The van der Waals surface area contributed by atoms with Gasteiger partial charge in [0.05, 0.1) is 0 Å². The standard InChI is InChI=1S/C12H12N2/c1-2-5-12(6-3-1)7-10-14-9-4-8-13-11-14/h1-10H,11H2. The summed E-state index contributed by atoms with van der Waals surface area (Å²) < 4.78 is 0. The Balaban J connectivity index is 2.01. The van der Waals surface area contributed by atoms with Crippen LogP contribution in [0, 0.1) is 0 Å². The van der Waals surface area contributed by atoms with Gasteiger partial charge in [0, 0.05) is 18.6 Å². The number of rotatable bonds is 2. The fraction of sp³-hybridized carbons (Fsp3) is 0.0833. The molecule has 1 aromatic carbocycles. The molecule has 0 unspecified atom stereocenters. The van der Waals surface area contributed by atoms with Crippen LogP contribution in [-0.4, -0.2) is 17.8 Å². The number of nitrogens with zero attached hydrogens (tertiary/aromatic N) is 2. The second-order valence-corrected chi connectivity index (χ2v) is 3.06. The van der Waals surface area contributed by atoms with Crippen LogP contribution in [0.15, 0.2) is 53.8 Å². The molecule has 0 atom stereocenters. The maximum absolute atomic E-state index is 4.13. The van der Waals surface area contributed by atoms with Crippen molar-refractivity contribution in [2.45, 2.75) is 0 Å². The fourth-order valence-electron chi connectivity index (χ4n) is 1.24. The van der Waals surface area contributed by atoms with Crippen molar-refractivity contribution < 1.29 is 0 Å². The third-order valence-electron chi connectivity index (χ3n) is 1.97. The zero-order valence-electron chi connectivity index (χ0n) is 7.88. The molecule has 0 saturated carbocycles. The Morgan fingerprint density at radius 2 is 2.07 bits per heavy atom. The zero-order valence-corrected chi connectivity index (χ0v) is 7.88. The number of hydrogen-bond donors (Lipinski definition) is 0. The molecule has 1 aromatic rings. The molecule has 0 fully saturated rings. The maximum Gasteiger partial charge on any atom is 0.113 e. The summed E-state index contributed by atoms with van der Waals surface area (Å²) in [6.45, 7) is 0.708. The summed E-state index contributed by atoms with van der Waals surface area (Å²) in [5, 5.41) is 0. The molecule has 0 amide bonds. The normalized spacial score (nSPS) is 15.3. The maximum atomic E-state index is 4.13. The first kappa shape index (κ1) is 8.75. The van der Waals surface area contributed by atoms with Gasteiger partial charge in [0.15, 0.2) is 0 Å². The van der Waals surface area contributed by atoms with Crippen molar-refractivity contribution >= 4 is 12.3 Å². The lowest BCUT2D eigenvalue weighted by atomic mass is 10.2. The van der Waals surface area contributed by atoms with E-state index in [1.54, 1.807) is 0 Å². The second-order valence-electron chi connectivity index (χ2n) is 3.06. The molecule has 1 heterocycles. The average molecular weight is 184 g/mol. The second kappa shape index (κ2) is 4.42. The Morgan fingerprint density at radius 3 is 2.79 bits per heavy atom. The van der Waals surface area contributed by atoms with E-state index >= 15 is 0 Å². The monoisotopic (exact) mass is 184 g/mol. The van der Waals surface area contributed by atoms with E-state index in [0.29, 0.717) is 6.67 Å². The van der Waals surface area contributed by atoms with E-state index < -0.39 is 0 Å². The predicted octanol–water partition coefficient (Wildman–Crippen LogP) is 2.51. The quantitative estimate of drug-likeness (QED) is 0.689. The Labute approximate surface area is 83.9 Å². The van der Waals surface area contributed by atoms with Gasteiger partial charge in [0.25, 0.3) is 0 Å². The van der Waals surface area contributed by atoms with Crippen molar-refractivity contribution in [1.82, 2.24) is 4.90 Å². The smallest absolute Gasteiger partial charge is 0.113 e. The van der Waals surface area contributed by atoms with E-state index in [4.69, 9.17) is 0 Å². The van der Waals surface area contributed by atoms with Gasteiger partial charge >= 0.3 is 0 Å². The van der Waals surface area contributed by atoms with Crippen molar-refractivity contribution in [2.75, 3.05) is 6.67 Å². The van der Waals surface area contributed by atoms with Gasteiger partial charge in [0.1, 0.15) is 6.67 Å². The van der Waals surface area contributed by atoms with E-state index in [0.717, 1.165) is 0 Å². The number of benzene rings is 1. The number of aliphatic imine (C=N–C) groups is 1. The van der Waals surface area contributed by atoms with E-state index in [1.165, 1.54) is 5.56 Å². The van der Waals surface area contributed by atoms with E-state index in [-0.39, 0.29) is 0 Å². The molecule has 2 nitrogen and oxygen atoms in total. The molecule has 0 aliphatic carbocycles. The summed E-state index contributed by atoms with van der Waals surface area (Å²) in [4.78, 5) is 6.17. The van der Waals surface area contributed by atoms with Crippen LogP contribution in [-0.2, 0) is 0 Å². The van der Waals surface area contributed by atoms with Crippen LogP contribution >= 0.6 is 0 Å². The van der Waals surface area contributed by atoms with Crippen LogP contribution in [0.5, 0.6) is 0 Å². The molecule has 0 N–H and O–H groups in total. The molecule has 2 rings (SSSR count). The molecule has 70 valence electrons. The lowest BCUT2D eigenvalue weighted by Crippen LogP contribution is -2.11. The van der Waals surface area contributed by atoms with Crippen molar-refractivity contribution in [1.29, 1.82) is 0 Å². The van der Waals surface area contributed by atoms with Crippen molar-refractivity contribution in [3.8, 4) is 0 Å². The highest BCUT2D eigenvalue weighted by atomic mass is 15.2. The molecule has 0 aromatic heterocycles. The van der Waals surface area contributed by atoms with Gasteiger partial charge in [-0.3, -0.25) is 4.99 Å². The minimum atomic E-state index is 0.708. The SMILES string of the molecule is C1=CN(C=Cc2ccccc2)CN=C1. The van der Waals surface area contributed by atoms with Crippen LogP contribution in [0.3, 0.4) is 0 Å². The van der Waals surface area contributed by atoms with Gasteiger partial charge in [0.2, 0.25) is 0 Å². The first-order valence-electron chi connectivity index (χ1n) is 4.61. The molecule has 0 saturated heterocycles. The highest BCUT2D eigenvalue weighted by Crippen LogP contribution is 2.04. The molecule has 0 spiro atoms. The van der Waals surface area contributed by atoms with Crippen LogP contribution in [0.4, 0.5) is 0 Å². The molecule has 0 bridgehead atoms. The molecule has 0 radical (unpaired) electrons. The van der Waals surface area contributed by atoms with Crippen LogP contribution in [0.2, 0.25) is 0 Å². The van der Waals surface area contributed by atoms with Crippen LogP contribution in [0.25, 0.3) is 6.08 Å². The Hall–Kier alpha value is -1.83. The molecule has 2 heteroatoms. The third kappa shape index (κ3) is 2.33. The molecule has 1 aliphatic heterocycles. The molecule has 1 aliphatic rings. The summed E-state index contributed by atoms with van der Waals surface area (Å²) in [5.41, 5.74) is 1.20. The highest BCUT2D eigenvalue weighted by molar-refractivity contribution is 5.71. The van der Waals surface area contributed by atoms with Crippen molar-refractivity contribution in [2.24, 2.45) is 4.99 Å². The van der Waals surface area contributed by atoms with Gasteiger partial charge in [-0.25, -0.2) is 0 Å². The van der Waals surface area contributed by atoms with Crippen LogP contribution < -0.4 is 0 Å². The summed E-state index contributed by atoms with van der Waals surface area (Å²) in [5.74, 6) is 0. The van der Waals surface area contributed by atoms with Crippen molar-refractivity contribution in [3.05, 3.63) is 54.4 Å². The number of hydrogen-bond acceptors (Lipinski definition) is 2. The molecular formula is C12H12N2. The van der Waals surface area contributed by atoms with Gasteiger partial charge in [-0.05, 0) is 17.7 Å². The summed E-state index contributed by atoms with van der Waals surface area (Å²) in [7, 11) is 0. The first-order chi connectivity index (χ1) is 6.95. The zero-order chi connectivity index (χ0) is 9.64. The van der Waals surface area contributed by atoms with E-state index in [9.17, 15) is 0 Å². The minimum absolute atomic E-state index is 0.708. The molecule has 14 heavy (non-hydrogen) atoms. The van der Waals surface area contributed by atoms with E-state index in [2.05, 4.69) is 23.2 Å². The lowest BCUT2D eigenvalue weighted by Gasteiger charge is -2.13. The predicted molar refractivity (Wildman–Crippen MR) is 59.8 cm³/mol. The summed E-state index contributed by atoms with van der Waals surface area (Å²) in [6, 6.07) is 10.2. The van der Waals surface area contributed by atoms with Crippen LogP contribution in [0.1, 0.15) is 5.56 Å². The summed E-state index contributed by atoms with van der Waals surface area (Å²) >= 11 is 0. The molecular weight excluding hydrogens is 172 g/mol. The highest BCUT2D eigenvalue weighted by Gasteiger charge is 1.93. The Morgan fingerprint density at radius 1 is 1.21 bits per heavy atom. The van der Waals surface area contributed by atoms with Gasteiger partial charge in [-0.1, -0.05) is 30.3 Å². The number of allylic oxidation sites excluding steroid dienone is 1. The summed E-state index contributed by atoms with van der Waals surface area (Å²) in [6.07, 6.45) is 9.85. The topological polar surface area (TPSA) is 15.6 Å². The van der Waals surface area contributed by atoms with Gasteiger partial charge in [-0.2, -0.15) is 0 Å². The lowest BCUT2D eigenvalue weighted by molar-refractivity contribution is 0.523. The first-order valence-corrected chi connectivity index (χ1v) is 4.61. The van der Waals surface area contributed by atoms with E-state index in [1.807, 2.05) is 47.8 Å².